The second-order valence-corrected chi connectivity index (χ2v) is 9.18. The molecule has 1 aliphatic heterocycles. The highest BCUT2D eigenvalue weighted by Gasteiger charge is 2.40. The number of aromatic amines is 1. The van der Waals surface area contributed by atoms with Crippen LogP contribution in [0.2, 0.25) is 0 Å². The van der Waals surface area contributed by atoms with Crippen molar-refractivity contribution in [2.45, 2.75) is 57.3 Å². The minimum atomic E-state index is -1.21. The molecule has 7 heteroatoms. The Morgan fingerprint density at radius 2 is 1.76 bits per heavy atom. The van der Waals surface area contributed by atoms with Crippen LogP contribution in [0.3, 0.4) is 0 Å². The van der Waals surface area contributed by atoms with Gasteiger partial charge in [-0.1, -0.05) is 68.4 Å². The van der Waals surface area contributed by atoms with Gasteiger partial charge in [-0.3, -0.25) is 14.7 Å². The topological polar surface area (TPSA) is 78.1 Å². The summed E-state index contributed by atoms with van der Waals surface area (Å²) in [6, 6.07) is 16.7. The first-order valence-corrected chi connectivity index (χ1v) is 11.8. The smallest absolute Gasteiger partial charge is 0.243 e. The van der Waals surface area contributed by atoms with Gasteiger partial charge in [0.05, 0.1) is 18.8 Å². The number of hydrogen-bond acceptors (Lipinski definition) is 3. The van der Waals surface area contributed by atoms with Crippen molar-refractivity contribution >= 4 is 11.8 Å². The molecule has 34 heavy (non-hydrogen) atoms. The van der Waals surface area contributed by atoms with Crippen molar-refractivity contribution in [3.8, 4) is 0 Å². The first kappa shape index (κ1) is 23.7. The molecule has 0 aliphatic carbocycles. The van der Waals surface area contributed by atoms with E-state index in [0.717, 1.165) is 16.7 Å². The summed E-state index contributed by atoms with van der Waals surface area (Å²) in [6.07, 6.45) is 2.88. The third kappa shape index (κ3) is 5.53. The molecule has 178 valence electrons. The molecule has 0 radical (unpaired) electrons. The first-order valence-electron chi connectivity index (χ1n) is 11.8. The van der Waals surface area contributed by atoms with Gasteiger partial charge in [0.15, 0.2) is 0 Å². The number of likely N-dealkylation sites (tertiary alicyclic amines) is 1. The van der Waals surface area contributed by atoms with Crippen LogP contribution in [-0.2, 0) is 16.0 Å². The number of aromatic nitrogens is 2. The predicted molar refractivity (Wildman–Crippen MR) is 129 cm³/mol. The molecular weight excluding hydrogens is 431 g/mol. The number of halogens is 1. The van der Waals surface area contributed by atoms with Gasteiger partial charge in [-0.25, -0.2) is 4.39 Å². The number of carbonyl (C=O) groups excluding carboxylic acids is 2. The van der Waals surface area contributed by atoms with Crippen molar-refractivity contribution in [2.75, 3.05) is 6.54 Å². The summed E-state index contributed by atoms with van der Waals surface area (Å²) in [7, 11) is 0. The summed E-state index contributed by atoms with van der Waals surface area (Å²) < 4.78 is 14.4. The number of nitrogens with one attached hydrogen (secondary N) is 2. The Labute approximate surface area is 199 Å². The fourth-order valence-corrected chi connectivity index (χ4v) is 4.43. The summed E-state index contributed by atoms with van der Waals surface area (Å²) in [6.45, 7) is 4.22. The van der Waals surface area contributed by atoms with Gasteiger partial charge in [-0.15, -0.1) is 0 Å². The van der Waals surface area contributed by atoms with Gasteiger partial charge in [0.1, 0.15) is 12.2 Å². The van der Waals surface area contributed by atoms with Crippen molar-refractivity contribution in [1.82, 2.24) is 20.4 Å². The zero-order valence-corrected chi connectivity index (χ0v) is 19.6. The molecule has 0 unspecified atom stereocenters. The minimum absolute atomic E-state index is 0.0110. The standard InChI is InChI=1S/C27H31FN4O2/c1-18(2)20-9-11-22(12-10-20)26(21-6-4-3-5-7-21)31-27(34)24-14-23(28)17-32(24)25(33)13-8-19-15-29-30-16-19/h3-7,9-12,15-16,18,23-24,26H,8,13-14,17H2,1-2H3,(H,29,30)(H,31,34)/t23-,24+,26+/m1/s1. The number of nitrogens with zero attached hydrogens (tertiary/aromatic N) is 2. The zero-order chi connectivity index (χ0) is 24.1. The van der Waals surface area contributed by atoms with Gasteiger partial charge in [-0.05, 0) is 34.6 Å². The number of hydrogen-bond donors (Lipinski definition) is 2. The quantitative estimate of drug-likeness (QED) is 0.524. The van der Waals surface area contributed by atoms with Crippen molar-refractivity contribution in [1.29, 1.82) is 0 Å². The van der Waals surface area contributed by atoms with Crippen molar-refractivity contribution in [3.63, 3.8) is 0 Å². The molecule has 2 amide bonds. The van der Waals surface area contributed by atoms with Crippen LogP contribution in [0.15, 0.2) is 67.0 Å². The van der Waals surface area contributed by atoms with Crippen LogP contribution < -0.4 is 5.32 Å². The SMILES string of the molecule is CC(C)c1ccc([C@@H](NC(=O)[C@@H]2C[C@@H](F)CN2C(=O)CCc2cn[nH]c2)c2ccccc2)cc1. The van der Waals surface area contributed by atoms with Gasteiger partial charge < -0.3 is 10.2 Å². The molecule has 0 saturated carbocycles. The third-order valence-electron chi connectivity index (χ3n) is 6.41. The number of rotatable bonds is 8. The van der Waals surface area contributed by atoms with E-state index in [0.29, 0.717) is 12.3 Å². The highest BCUT2D eigenvalue weighted by Crippen LogP contribution is 2.27. The van der Waals surface area contributed by atoms with E-state index in [2.05, 4.69) is 41.5 Å². The Balaban J connectivity index is 1.52. The number of amides is 2. The molecule has 1 fully saturated rings. The van der Waals surface area contributed by atoms with Crippen LogP contribution in [0.5, 0.6) is 0 Å². The van der Waals surface area contributed by atoms with Gasteiger partial charge in [0.2, 0.25) is 11.8 Å². The zero-order valence-electron chi connectivity index (χ0n) is 19.6. The molecule has 0 bridgehead atoms. The fourth-order valence-electron chi connectivity index (χ4n) is 4.43. The summed E-state index contributed by atoms with van der Waals surface area (Å²) in [5.41, 5.74) is 3.99. The molecule has 2 aromatic carbocycles. The molecule has 3 atom stereocenters. The van der Waals surface area contributed by atoms with E-state index in [4.69, 9.17) is 0 Å². The van der Waals surface area contributed by atoms with Crippen LogP contribution >= 0.6 is 0 Å². The fraction of sp³-hybridized carbons (Fsp3) is 0.370. The maximum atomic E-state index is 14.4. The second kappa shape index (κ2) is 10.6. The van der Waals surface area contributed by atoms with E-state index in [-0.39, 0.29) is 31.2 Å². The summed E-state index contributed by atoms with van der Waals surface area (Å²) in [4.78, 5) is 27.7. The Hall–Kier alpha value is -3.48. The number of aryl methyl sites for hydroxylation is 1. The van der Waals surface area contributed by atoms with Crippen LogP contribution in [0.1, 0.15) is 60.9 Å². The molecule has 0 spiro atoms. The lowest BCUT2D eigenvalue weighted by Crippen LogP contribution is -2.47. The van der Waals surface area contributed by atoms with Gasteiger partial charge in [0, 0.05) is 19.0 Å². The minimum Gasteiger partial charge on any atom is -0.343 e. The lowest BCUT2D eigenvalue weighted by atomic mass is 9.95. The number of carbonyl (C=O) groups is 2. The Bertz CT molecular complexity index is 1080. The summed E-state index contributed by atoms with van der Waals surface area (Å²) >= 11 is 0. The van der Waals surface area contributed by atoms with E-state index < -0.39 is 18.3 Å². The Morgan fingerprint density at radius 1 is 1.09 bits per heavy atom. The molecule has 4 rings (SSSR count). The van der Waals surface area contributed by atoms with Gasteiger partial charge >= 0.3 is 0 Å². The third-order valence-corrected chi connectivity index (χ3v) is 6.41. The van der Waals surface area contributed by atoms with E-state index in [9.17, 15) is 14.0 Å². The van der Waals surface area contributed by atoms with Gasteiger partial charge in [-0.2, -0.15) is 5.10 Å². The van der Waals surface area contributed by atoms with Gasteiger partial charge in [0.25, 0.3) is 0 Å². The summed E-state index contributed by atoms with van der Waals surface area (Å²) in [5, 5.41) is 9.71. The van der Waals surface area contributed by atoms with Crippen LogP contribution in [-0.4, -0.2) is 45.7 Å². The Kier molecular flexibility index (Phi) is 7.40. The van der Waals surface area contributed by atoms with Crippen molar-refractivity contribution < 1.29 is 14.0 Å². The molecule has 3 aromatic rings. The molecule has 1 saturated heterocycles. The molecule has 1 aromatic heterocycles. The summed E-state index contributed by atoms with van der Waals surface area (Å²) in [5.74, 6) is -0.155. The maximum Gasteiger partial charge on any atom is 0.243 e. The normalized spacial score (nSPS) is 18.8. The number of benzene rings is 2. The van der Waals surface area contributed by atoms with Crippen LogP contribution in [0.25, 0.3) is 0 Å². The van der Waals surface area contributed by atoms with Crippen LogP contribution in [0, 0.1) is 0 Å². The highest BCUT2D eigenvalue weighted by atomic mass is 19.1. The monoisotopic (exact) mass is 462 g/mol. The highest BCUT2D eigenvalue weighted by molar-refractivity contribution is 5.89. The van der Waals surface area contributed by atoms with Crippen molar-refractivity contribution in [2.24, 2.45) is 0 Å². The van der Waals surface area contributed by atoms with E-state index in [1.54, 1.807) is 12.4 Å². The number of H-pyrrole nitrogens is 1. The van der Waals surface area contributed by atoms with E-state index >= 15 is 0 Å². The first-order chi connectivity index (χ1) is 16.4. The Morgan fingerprint density at radius 3 is 2.41 bits per heavy atom. The van der Waals surface area contributed by atoms with E-state index in [1.807, 2.05) is 42.5 Å². The molecule has 2 N–H and O–H groups in total. The molecule has 6 nitrogen and oxygen atoms in total. The molecular formula is C27H31FN4O2. The molecule has 1 aliphatic rings. The lowest BCUT2D eigenvalue weighted by molar-refractivity contribution is -0.138. The van der Waals surface area contributed by atoms with Crippen molar-refractivity contribution in [3.05, 3.63) is 89.2 Å². The lowest BCUT2D eigenvalue weighted by Gasteiger charge is -2.27. The average molecular weight is 463 g/mol. The average Bonchev–Trinajstić information content (AvgIpc) is 3.51. The van der Waals surface area contributed by atoms with Crippen LogP contribution in [0.4, 0.5) is 4.39 Å². The number of alkyl halides is 1. The second-order valence-electron chi connectivity index (χ2n) is 9.18. The molecule has 2 heterocycles. The van der Waals surface area contributed by atoms with E-state index in [1.165, 1.54) is 10.5 Å². The largest absolute Gasteiger partial charge is 0.343 e. The maximum absolute atomic E-state index is 14.4. The predicted octanol–water partition coefficient (Wildman–Crippen LogP) is 4.31.